The average molecular weight is 337 g/mol. The van der Waals surface area contributed by atoms with E-state index < -0.39 is 0 Å². The van der Waals surface area contributed by atoms with Crippen LogP contribution >= 0.6 is 23.7 Å². The summed E-state index contributed by atoms with van der Waals surface area (Å²) in [7, 11) is 0. The lowest BCUT2D eigenvalue weighted by Crippen LogP contribution is -1.96. The topological polar surface area (TPSA) is 43.4 Å². The van der Waals surface area contributed by atoms with E-state index in [2.05, 4.69) is 17.5 Å². The third-order valence-corrected chi connectivity index (χ3v) is 4.68. The molecule has 4 rings (SSSR count). The van der Waals surface area contributed by atoms with Gasteiger partial charge in [-0.2, -0.15) is 0 Å². The summed E-state index contributed by atoms with van der Waals surface area (Å²) in [5, 5.41) is 5.75. The highest BCUT2D eigenvalue weighted by Gasteiger charge is 2.13. The minimum absolute atomic E-state index is 0. The minimum Gasteiger partial charge on any atom is -0.454 e. The minimum atomic E-state index is 0. The zero-order chi connectivity index (χ0) is 14.1. The first-order valence-electron chi connectivity index (χ1n) is 7.20. The number of aryl methyl sites for hydroxylation is 1. The van der Waals surface area contributed by atoms with Crippen molar-refractivity contribution in [1.82, 2.24) is 4.98 Å². The first-order valence-corrected chi connectivity index (χ1v) is 8.01. The Labute approximate surface area is 139 Å². The summed E-state index contributed by atoms with van der Waals surface area (Å²) >= 11 is 1.73. The van der Waals surface area contributed by atoms with E-state index in [0.29, 0.717) is 6.79 Å². The lowest BCUT2D eigenvalue weighted by atomic mass is 10.2. The van der Waals surface area contributed by atoms with Crippen LogP contribution in [-0.4, -0.2) is 18.3 Å². The van der Waals surface area contributed by atoms with Gasteiger partial charge in [-0.15, -0.1) is 12.4 Å². The van der Waals surface area contributed by atoms with Crippen molar-refractivity contribution in [3.05, 3.63) is 34.5 Å². The van der Waals surface area contributed by atoms with Gasteiger partial charge in [0.2, 0.25) is 6.79 Å². The predicted octanol–water partition coefficient (Wildman–Crippen LogP) is 4.21. The van der Waals surface area contributed by atoms with E-state index in [4.69, 9.17) is 14.5 Å². The second-order valence-electron chi connectivity index (χ2n) is 5.16. The van der Waals surface area contributed by atoms with Gasteiger partial charge in [0.05, 0.1) is 5.69 Å². The van der Waals surface area contributed by atoms with Crippen molar-refractivity contribution in [3.8, 4) is 11.5 Å². The number of hydrogen-bond donors (Lipinski definition) is 1. The highest BCUT2D eigenvalue weighted by Crippen LogP contribution is 2.33. The third kappa shape index (κ3) is 3.05. The van der Waals surface area contributed by atoms with Crippen LogP contribution in [0, 0.1) is 0 Å². The molecule has 0 fully saturated rings. The Morgan fingerprint density at radius 2 is 2.05 bits per heavy atom. The van der Waals surface area contributed by atoms with Crippen molar-refractivity contribution in [3.63, 3.8) is 0 Å². The van der Waals surface area contributed by atoms with E-state index in [-0.39, 0.29) is 12.4 Å². The normalized spacial score (nSPS) is 15.8. The lowest BCUT2D eigenvalue weighted by molar-refractivity contribution is 0.174. The molecule has 0 aliphatic carbocycles. The SMILES string of the molecule is C(=Cc1nc2c(s1)NCCCC2)c1ccc2c(c1)OCO2.Cl. The lowest BCUT2D eigenvalue weighted by Gasteiger charge is -1.97. The largest absolute Gasteiger partial charge is 0.454 e. The van der Waals surface area contributed by atoms with E-state index >= 15 is 0 Å². The zero-order valence-electron chi connectivity index (χ0n) is 12.0. The molecule has 1 aromatic carbocycles. The Morgan fingerprint density at radius 3 is 3.00 bits per heavy atom. The Kier molecular flexibility index (Phi) is 4.55. The van der Waals surface area contributed by atoms with Gasteiger partial charge in [0.25, 0.3) is 0 Å². The molecule has 0 radical (unpaired) electrons. The van der Waals surface area contributed by atoms with Gasteiger partial charge in [-0.3, -0.25) is 0 Å². The number of nitrogens with zero attached hydrogens (tertiary/aromatic N) is 1. The maximum atomic E-state index is 5.39. The van der Waals surface area contributed by atoms with Crippen molar-refractivity contribution in [2.75, 3.05) is 18.7 Å². The molecule has 0 amide bonds. The Balaban J connectivity index is 0.00000144. The smallest absolute Gasteiger partial charge is 0.231 e. The summed E-state index contributed by atoms with van der Waals surface area (Å²) in [5.74, 6) is 1.63. The molecule has 0 saturated heterocycles. The molecule has 0 saturated carbocycles. The second-order valence-corrected chi connectivity index (χ2v) is 6.19. The van der Waals surface area contributed by atoms with Crippen LogP contribution in [0.15, 0.2) is 18.2 Å². The fourth-order valence-electron chi connectivity index (χ4n) is 2.55. The molecule has 0 spiro atoms. The monoisotopic (exact) mass is 336 g/mol. The number of nitrogens with one attached hydrogen (secondary N) is 1. The quantitative estimate of drug-likeness (QED) is 0.892. The molecule has 0 unspecified atom stereocenters. The molecule has 2 aliphatic rings. The summed E-state index contributed by atoms with van der Waals surface area (Å²) < 4.78 is 10.7. The van der Waals surface area contributed by atoms with Crippen molar-refractivity contribution in [2.24, 2.45) is 0 Å². The molecule has 1 aromatic heterocycles. The van der Waals surface area contributed by atoms with Crippen LogP contribution in [-0.2, 0) is 6.42 Å². The Bertz CT molecular complexity index is 676. The number of thiazole rings is 1. The Morgan fingerprint density at radius 1 is 1.14 bits per heavy atom. The predicted molar refractivity (Wildman–Crippen MR) is 92.3 cm³/mol. The van der Waals surface area contributed by atoms with E-state index in [9.17, 15) is 0 Å². The fraction of sp³-hybridized carbons (Fsp3) is 0.312. The number of fused-ring (bicyclic) bond motifs is 2. The number of rotatable bonds is 2. The summed E-state index contributed by atoms with van der Waals surface area (Å²) in [6.45, 7) is 1.37. The highest BCUT2D eigenvalue weighted by molar-refractivity contribution is 7.16. The maximum absolute atomic E-state index is 5.39. The summed E-state index contributed by atoms with van der Waals surface area (Å²) in [6.07, 6.45) is 7.66. The molecule has 0 bridgehead atoms. The molecule has 1 N–H and O–H groups in total. The standard InChI is InChI=1S/C16H16N2O2S.ClH/c1-2-8-17-16-12(3-1)18-15(21-16)7-5-11-4-6-13-14(9-11)20-10-19-13;/h4-7,9,17H,1-3,8,10H2;1H. The third-order valence-electron chi connectivity index (χ3n) is 3.65. The second kappa shape index (κ2) is 6.58. The van der Waals surface area contributed by atoms with Crippen LogP contribution in [0.2, 0.25) is 0 Å². The Hall–Kier alpha value is -1.72. The number of hydrogen-bond acceptors (Lipinski definition) is 5. The molecule has 6 heteroatoms. The molecule has 2 aliphatic heterocycles. The summed E-state index contributed by atoms with van der Waals surface area (Å²) in [4.78, 5) is 4.71. The van der Waals surface area contributed by atoms with Crippen LogP contribution in [0.5, 0.6) is 11.5 Å². The van der Waals surface area contributed by atoms with Crippen LogP contribution in [0.4, 0.5) is 5.00 Å². The van der Waals surface area contributed by atoms with Crippen molar-refractivity contribution in [2.45, 2.75) is 19.3 Å². The van der Waals surface area contributed by atoms with Gasteiger partial charge in [-0.1, -0.05) is 23.5 Å². The van der Waals surface area contributed by atoms with Crippen LogP contribution in [0.25, 0.3) is 12.2 Å². The molecule has 4 nitrogen and oxygen atoms in total. The first-order chi connectivity index (χ1) is 10.4. The van der Waals surface area contributed by atoms with Crippen molar-refractivity contribution >= 4 is 40.9 Å². The molecule has 3 heterocycles. The molecular formula is C16H17ClN2O2S. The van der Waals surface area contributed by atoms with Gasteiger partial charge in [-0.25, -0.2) is 4.98 Å². The van der Waals surface area contributed by atoms with Crippen LogP contribution in [0.3, 0.4) is 0 Å². The number of halogens is 1. The number of aromatic nitrogens is 1. The van der Waals surface area contributed by atoms with Gasteiger partial charge < -0.3 is 14.8 Å². The van der Waals surface area contributed by atoms with Gasteiger partial charge >= 0.3 is 0 Å². The van der Waals surface area contributed by atoms with Crippen LogP contribution in [0.1, 0.15) is 29.1 Å². The molecule has 2 aromatic rings. The molecular weight excluding hydrogens is 320 g/mol. The zero-order valence-corrected chi connectivity index (χ0v) is 13.6. The first kappa shape index (κ1) is 15.2. The molecule has 22 heavy (non-hydrogen) atoms. The van der Waals surface area contributed by atoms with Gasteiger partial charge in [0.1, 0.15) is 10.0 Å². The highest BCUT2D eigenvalue weighted by atomic mass is 35.5. The van der Waals surface area contributed by atoms with E-state index in [0.717, 1.165) is 35.0 Å². The van der Waals surface area contributed by atoms with E-state index in [1.807, 2.05) is 18.2 Å². The van der Waals surface area contributed by atoms with Gasteiger partial charge in [-0.05, 0) is 43.0 Å². The van der Waals surface area contributed by atoms with Gasteiger partial charge in [0.15, 0.2) is 11.5 Å². The molecule has 0 atom stereocenters. The van der Waals surface area contributed by atoms with Crippen LogP contribution < -0.4 is 14.8 Å². The summed E-state index contributed by atoms with van der Waals surface area (Å²) in [6, 6.07) is 5.97. The van der Waals surface area contributed by atoms with Gasteiger partial charge in [0, 0.05) is 6.54 Å². The summed E-state index contributed by atoms with van der Waals surface area (Å²) in [5.41, 5.74) is 2.31. The van der Waals surface area contributed by atoms with E-state index in [1.165, 1.54) is 23.5 Å². The average Bonchev–Trinajstić information content (AvgIpc) is 3.06. The molecule has 116 valence electrons. The fourth-order valence-corrected chi connectivity index (χ4v) is 3.49. The van der Waals surface area contributed by atoms with Crippen molar-refractivity contribution in [1.29, 1.82) is 0 Å². The number of benzene rings is 1. The van der Waals surface area contributed by atoms with Crippen molar-refractivity contribution < 1.29 is 9.47 Å². The maximum Gasteiger partial charge on any atom is 0.231 e. The number of anilines is 1. The number of ether oxygens (including phenoxy) is 2. The van der Waals surface area contributed by atoms with E-state index in [1.54, 1.807) is 11.3 Å².